The molecule has 0 saturated carbocycles. The Morgan fingerprint density at radius 2 is 2.17 bits per heavy atom. The second-order valence-electron chi connectivity index (χ2n) is 3.83. The van der Waals surface area contributed by atoms with Crippen LogP contribution in [0.4, 0.5) is 0 Å². The van der Waals surface area contributed by atoms with Gasteiger partial charge in [-0.05, 0) is 36.1 Å². The van der Waals surface area contributed by atoms with E-state index in [1.165, 1.54) is 6.33 Å². The van der Waals surface area contributed by atoms with Crippen molar-refractivity contribution in [2.75, 3.05) is 0 Å². The van der Waals surface area contributed by atoms with Crippen LogP contribution in [0.1, 0.15) is 5.56 Å². The molecule has 0 N–H and O–H groups in total. The highest BCUT2D eigenvalue weighted by Gasteiger charge is 2.10. The molecular formula is C13H9BrN2OS. The molecule has 0 saturated heterocycles. The summed E-state index contributed by atoms with van der Waals surface area (Å²) in [6, 6.07) is 7.70. The normalized spacial score (nSPS) is 10.8. The quantitative estimate of drug-likeness (QED) is 0.694. The second kappa shape index (κ2) is 4.66. The largest absolute Gasteiger partial charge is 0.437 e. The Hall–Kier alpha value is -1.46. The third-order valence-corrected chi connectivity index (χ3v) is 4.08. The van der Waals surface area contributed by atoms with Gasteiger partial charge in [0, 0.05) is 4.47 Å². The monoisotopic (exact) mass is 320 g/mol. The second-order valence-corrected chi connectivity index (χ2v) is 5.63. The van der Waals surface area contributed by atoms with Gasteiger partial charge in [0.2, 0.25) is 5.88 Å². The van der Waals surface area contributed by atoms with Crippen LogP contribution in [0.5, 0.6) is 11.6 Å². The zero-order valence-corrected chi connectivity index (χ0v) is 12.0. The summed E-state index contributed by atoms with van der Waals surface area (Å²) in [5.41, 5.74) is 2.11. The van der Waals surface area contributed by atoms with E-state index in [-0.39, 0.29) is 0 Å². The van der Waals surface area contributed by atoms with Crippen molar-refractivity contribution in [3.8, 4) is 11.6 Å². The fourth-order valence-electron chi connectivity index (χ4n) is 1.66. The average Bonchev–Trinajstić information content (AvgIpc) is 2.73. The van der Waals surface area contributed by atoms with Crippen LogP contribution in [0.15, 0.2) is 40.4 Å². The maximum Gasteiger partial charge on any atom is 0.240 e. The number of benzene rings is 1. The maximum atomic E-state index is 5.82. The van der Waals surface area contributed by atoms with Gasteiger partial charge in [0.05, 0.1) is 5.52 Å². The van der Waals surface area contributed by atoms with Gasteiger partial charge >= 0.3 is 0 Å². The van der Waals surface area contributed by atoms with Crippen LogP contribution < -0.4 is 4.74 Å². The number of aryl methyl sites for hydroxylation is 1. The van der Waals surface area contributed by atoms with E-state index in [0.717, 1.165) is 26.0 Å². The molecule has 0 fully saturated rings. The number of rotatable bonds is 2. The molecule has 3 aromatic rings. The summed E-state index contributed by atoms with van der Waals surface area (Å²) in [6.45, 7) is 2.04. The molecule has 0 amide bonds. The molecule has 0 radical (unpaired) electrons. The molecule has 2 aromatic heterocycles. The molecule has 0 unspecified atom stereocenters. The summed E-state index contributed by atoms with van der Waals surface area (Å²) in [5, 5.41) is 2.06. The topological polar surface area (TPSA) is 35.0 Å². The molecule has 0 aliphatic rings. The molecule has 0 aliphatic carbocycles. The first-order chi connectivity index (χ1) is 8.74. The minimum Gasteiger partial charge on any atom is -0.437 e. The lowest BCUT2D eigenvalue weighted by Gasteiger charge is -2.05. The van der Waals surface area contributed by atoms with Gasteiger partial charge in [-0.1, -0.05) is 22.0 Å². The molecule has 3 rings (SSSR count). The van der Waals surface area contributed by atoms with Crippen LogP contribution in [0.25, 0.3) is 10.2 Å². The van der Waals surface area contributed by atoms with Gasteiger partial charge in [0.25, 0.3) is 0 Å². The number of nitrogens with zero attached hydrogens (tertiary/aromatic N) is 2. The van der Waals surface area contributed by atoms with Gasteiger partial charge in [0.1, 0.15) is 16.8 Å². The first-order valence-electron chi connectivity index (χ1n) is 5.36. The minimum absolute atomic E-state index is 0.608. The van der Waals surface area contributed by atoms with Gasteiger partial charge < -0.3 is 4.74 Å². The molecule has 0 aliphatic heterocycles. The van der Waals surface area contributed by atoms with E-state index in [1.54, 1.807) is 11.3 Å². The van der Waals surface area contributed by atoms with Gasteiger partial charge in [-0.15, -0.1) is 11.3 Å². The lowest BCUT2D eigenvalue weighted by atomic mass is 10.3. The highest BCUT2D eigenvalue weighted by molar-refractivity contribution is 9.10. The predicted molar refractivity (Wildman–Crippen MR) is 76.4 cm³/mol. The summed E-state index contributed by atoms with van der Waals surface area (Å²) in [5.74, 6) is 1.37. The first kappa shape index (κ1) is 11.6. The standard InChI is InChI=1S/C13H9BrN2OS/c1-8-6-18-12-11(8)15-7-16-13(12)17-10-4-2-3-9(14)5-10/h2-7H,1H3. The van der Waals surface area contributed by atoms with Crippen LogP contribution in [0.2, 0.25) is 0 Å². The Bertz CT molecular complexity index is 711. The molecule has 3 nitrogen and oxygen atoms in total. The van der Waals surface area contributed by atoms with E-state index in [4.69, 9.17) is 4.74 Å². The Labute approximate surface area is 117 Å². The Morgan fingerprint density at radius 3 is 3.00 bits per heavy atom. The van der Waals surface area contributed by atoms with Crippen molar-refractivity contribution < 1.29 is 4.74 Å². The van der Waals surface area contributed by atoms with E-state index >= 15 is 0 Å². The van der Waals surface area contributed by atoms with Crippen molar-refractivity contribution in [3.63, 3.8) is 0 Å². The third kappa shape index (κ3) is 2.11. The smallest absolute Gasteiger partial charge is 0.240 e. The highest BCUT2D eigenvalue weighted by Crippen LogP contribution is 2.33. The minimum atomic E-state index is 0.608. The van der Waals surface area contributed by atoms with E-state index in [2.05, 4.69) is 31.3 Å². The van der Waals surface area contributed by atoms with Crippen molar-refractivity contribution in [1.29, 1.82) is 0 Å². The Morgan fingerprint density at radius 1 is 1.28 bits per heavy atom. The zero-order chi connectivity index (χ0) is 12.5. The maximum absolute atomic E-state index is 5.82. The van der Waals surface area contributed by atoms with Crippen LogP contribution in [0.3, 0.4) is 0 Å². The summed E-state index contributed by atoms with van der Waals surface area (Å²) < 4.78 is 7.78. The summed E-state index contributed by atoms with van der Waals surface area (Å²) in [6.07, 6.45) is 1.54. The molecule has 0 bridgehead atoms. The molecule has 0 atom stereocenters. The van der Waals surface area contributed by atoms with Crippen LogP contribution in [0, 0.1) is 6.92 Å². The summed E-state index contributed by atoms with van der Waals surface area (Å²) in [7, 11) is 0. The van der Waals surface area contributed by atoms with Gasteiger partial charge in [-0.3, -0.25) is 0 Å². The molecule has 0 spiro atoms. The van der Waals surface area contributed by atoms with Crippen molar-refractivity contribution in [3.05, 3.63) is 46.0 Å². The van der Waals surface area contributed by atoms with Gasteiger partial charge in [0.15, 0.2) is 0 Å². The number of ether oxygens (including phenoxy) is 1. The SMILES string of the molecule is Cc1csc2c(Oc3cccc(Br)c3)ncnc12. The fraction of sp³-hybridized carbons (Fsp3) is 0.0769. The van der Waals surface area contributed by atoms with Crippen molar-refractivity contribution in [1.82, 2.24) is 9.97 Å². The fourth-order valence-corrected chi connectivity index (χ4v) is 2.97. The van der Waals surface area contributed by atoms with E-state index in [0.29, 0.717) is 5.88 Å². The van der Waals surface area contributed by atoms with Crippen LogP contribution in [-0.2, 0) is 0 Å². The number of hydrogen-bond donors (Lipinski definition) is 0. The predicted octanol–water partition coefficient (Wildman–Crippen LogP) is 4.55. The first-order valence-corrected chi connectivity index (χ1v) is 7.03. The van der Waals surface area contributed by atoms with Crippen molar-refractivity contribution in [2.45, 2.75) is 6.92 Å². The average molecular weight is 321 g/mol. The lowest BCUT2D eigenvalue weighted by Crippen LogP contribution is -1.89. The molecular weight excluding hydrogens is 312 g/mol. The molecule has 90 valence electrons. The number of fused-ring (bicyclic) bond motifs is 1. The summed E-state index contributed by atoms with van der Waals surface area (Å²) >= 11 is 5.02. The number of aromatic nitrogens is 2. The van der Waals surface area contributed by atoms with E-state index in [9.17, 15) is 0 Å². The number of hydrogen-bond acceptors (Lipinski definition) is 4. The Balaban J connectivity index is 2.05. The lowest BCUT2D eigenvalue weighted by molar-refractivity contribution is 0.469. The Kier molecular flexibility index (Phi) is 3.01. The molecule has 18 heavy (non-hydrogen) atoms. The van der Waals surface area contributed by atoms with E-state index < -0.39 is 0 Å². The van der Waals surface area contributed by atoms with Gasteiger partial charge in [-0.25, -0.2) is 9.97 Å². The molecule has 2 heterocycles. The van der Waals surface area contributed by atoms with Crippen molar-refractivity contribution >= 4 is 37.5 Å². The number of thiophene rings is 1. The molecule has 5 heteroatoms. The van der Waals surface area contributed by atoms with E-state index in [1.807, 2.05) is 31.2 Å². The van der Waals surface area contributed by atoms with Crippen LogP contribution in [-0.4, -0.2) is 9.97 Å². The van der Waals surface area contributed by atoms with Crippen LogP contribution >= 0.6 is 27.3 Å². The zero-order valence-electron chi connectivity index (χ0n) is 9.55. The summed E-state index contributed by atoms with van der Waals surface area (Å²) in [4.78, 5) is 8.48. The number of halogens is 1. The van der Waals surface area contributed by atoms with Crippen molar-refractivity contribution in [2.24, 2.45) is 0 Å². The highest BCUT2D eigenvalue weighted by atomic mass is 79.9. The van der Waals surface area contributed by atoms with Gasteiger partial charge in [-0.2, -0.15) is 0 Å². The third-order valence-electron chi connectivity index (χ3n) is 2.51. The molecule has 1 aromatic carbocycles.